The largest absolute Gasteiger partial charge is 0.453 e. The molecular formula is C11H13BrFNO2. The van der Waals surface area contributed by atoms with Crippen LogP contribution in [0.5, 0.6) is 11.5 Å². The monoisotopic (exact) mass is 289 g/mol. The third-order valence-electron chi connectivity index (χ3n) is 2.53. The van der Waals surface area contributed by atoms with Crippen molar-refractivity contribution in [3.8, 4) is 11.5 Å². The molecule has 0 saturated heterocycles. The summed E-state index contributed by atoms with van der Waals surface area (Å²) >= 11 is 3.36. The summed E-state index contributed by atoms with van der Waals surface area (Å²) in [6.45, 7) is 0.781. The maximum atomic E-state index is 13.7. The SMILES string of the molecule is NCCCCc1c(F)cc2c(c1Br)OCO2. The average Bonchev–Trinajstić information content (AvgIpc) is 2.71. The molecule has 5 heteroatoms. The zero-order chi connectivity index (χ0) is 11.5. The maximum Gasteiger partial charge on any atom is 0.231 e. The molecule has 16 heavy (non-hydrogen) atoms. The second-order valence-electron chi connectivity index (χ2n) is 3.63. The summed E-state index contributed by atoms with van der Waals surface area (Å²) in [5.41, 5.74) is 6.05. The number of fused-ring (bicyclic) bond motifs is 1. The molecule has 0 atom stereocenters. The van der Waals surface area contributed by atoms with Crippen molar-refractivity contribution in [2.45, 2.75) is 19.3 Å². The molecule has 3 nitrogen and oxygen atoms in total. The van der Waals surface area contributed by atoms with Gasteiger partial charge in [-0.3, -0.25) is 0 Å². The van der Waals surface area contributed by atoms with Gasteiger partial charge in [-0.1, -0.05) is 0 Å². The molecule has 1 aromatic carbocycles. The number of hydrogen-bond acceptors (Lipinski definition) is 3. The zero-order valence-electron chi connectivity index (χ0n) is 8.76. The van der Waals surface area contributed by atoms with E-state index in [1.54, 1.807) is 0 Å². The predicted molar refractivity (Wildman–Crippen MR) is 62.2 cm³/mol. The highest BCUT2D eigenvalue weighted by Gasteiger charge is 2.22. The third-order valence-corrected chi connectivity index (χ3v) is 3.37. The van der Waals surface area contributed by atoms with Crippen molar-refractivity contribution >= 4 is 15.9 Å². The molecule has 1 heterocycles. The first-order chi connectivity index (χ1) is 7.74. The van der Waals surface area contributed by atoms with Crippen LogP contribution in [0.3, 0.4) is 0 Å². The van der Waals surface area contributed by atoms with E-state index >= 15 is 0 Å². The summed E-state index contributed by atoms with van der Waals surface area (Å²) in [6.07, 6.45) is 2.41. The van der Waals surface area contributed by atoms with Crippen molar-refractivity contribution in [2.24, 2.45) is 5.73 Å². The number of hydrogen-bond donors (Lipinski definition) is 1. The van der Waals surface area contributed by atoms with Gasteiger partial charge in [0, 0.05) is 11.6 Å². The molecule has 1 aromatic rings. The first-order valence-electron chi connectivity index (χ1n) is 5.20. The van der Waals surface area contributed by atoms with E-state index in [4.69, 9.17) is 15.2 Å². The Labute approximate surface area is 102 Å². The lowest BCUT2D eigenvalue weighted by atomic mass is 10.1. The van der Waals surface area contributed by atoms with E-state index in [2.05, 4.69) is 15.9 Å². The van der Waals surface area contributed by atoms with Gasteiger partial charge in [-0.05, 0) is 41.7 Å². The molecule has 0 spiro atoms. The first kappa shape index (κ1) is 11.7. The minimum Gasteiger partial charge on any atom is -0.453 e. The van der Waals surface area contributed by atoms with Crippen LogP contribution >= 0.6 is 15.9 Å². The number of nitrogens with two attached hydrogens (primary N) is 1. The van der Waals surface area contributed by atoms with Crippen LogP contribution < -0.4 is 15.2 Å². The Hall–Kier alpha value is -0.810. The van der Waals surface area contributed by atoms with Crippen LogP contribution in [-0.2, 0) is 6.42 Å². The Morgan fingerprint density at radius 3 is 2.94 bits per heavy atom. The molecule has 0 radical (unpaired) electrons. The molecule has 2 rings (SSSR count). The third kappa shape index (κ3) is 2.15. The number of benzene rings is 1. The summed E-state index contributed by atoms with van der Waals surface area (Å²) in [7, 11) is 0. The van der Waals surface area contributed by atoms with Gasteiger partial charge in [-0.15, -0.1) is 0 Å². The molecule has 0 unspecified atom stereocenters. The fourth-order valence-electron chi connectivity index (χ4n) is 1.69. The first-order valence-corrected chi connectivity index (χ1v) is 6.00. The molecule has 0 bridgehead atoms. The van der Waals surface area contributed by atoms with Gasteiger partial charge in [0.2, 0.25) is 6.79 Å². The predicted octanol–water partition coefficient (Wildman–Crippen LogP) is 2.60. The van der Waals surface area contributed by atoms with Gasteiger partial charge in [0.05, 0.1) is 4.47 Å². The van der Waals surface area contributed by atoms with E-state index in [0.717, 1.165) is 12.8 Å². The molecule has 0 amide bonds. The Bertz CT molecular complexity index is 398. The minimum atomic E-state index is -0.256. The van der Waals surface area contributed by atoms with Crippen molar-refractivity contribution in [1.29, 1.82) is 0 Å². The normalized spacial score (nSPS) is 13.2. The van der Waals surface area contributed by atoms with Crippen LogP contribution in [0.4, 0.5) is 4.39 Å². The molecule has 0 fully saturated rings. The van der Waals surface area contributed by atoms with Gasteiger partial charge < -0.3 is 15.2 Å². The van der Waals surface area contributed by atoms with Crippen LogP contribution in [0.25, 0.3) is 0 Å². The van der Waals surface area contributed by atoms with Crippen LogP contribution in [0.15, 0.2) is 10.5 Å². The van der Waals surface area contributed by atoms with Gasteiger partial charge in [-0.2, -0.15) is 0 Å². The van der Waals surface area contributed by atoms with Crippen molar-refractivity contribution in [2.75, 3.05) is 13.3 Å². The van der Waals surface area contributed by atoms with Crippen molar-refractivity contribution < 1.29 is 13.9 Å². The molecule has 0 saturated carbocycles. The van der Waals surface area contributed by atoms with Gasteiger partial charge in [-0.25, -0.2) is 4.39 Å². The number of rotatable bonds is 4. The lowest BCUT2D eigenvalue weighted by Gasteiger charge is -2.08. The lowest BCUT2D eigenvalue weighted by Crippen LogP contribution is -2.00. The second kappa shape index (κ2) is 5.01. The van der Waals surface area contributed by atoms with E-state index in [0.29, 0.717) is 34.5 Å². The van der Waals surface area contributed by atoms with Crippen LogP contribution in [-0.4, -0.2) is 13.3 Å². The summed E-state index contributed by atoms with van der Waals surface area (Å²) in [5, 5.41) is 0. The molecule has 2 N–H and O–H groups in total. The van der Waals surface area contributed by atoms with E-state index < -0.39 is 0 Å². The lowest BCUT2D eigenvalue weighted by molar-refractivity contribution is 0.173. The van der Waals surface area contributed by atoms with Gasteiger partial charge in [0.15, 0.2) is 11.5 Å². The standard InChI is InChI=1S/C11H13BrFNO2/c12-10-7(3-1-2-4-14)8(13)5-9-11(10)16-6-15-9/h5H,1-4,6,14H2. The van der Waals surface area contributed by atoms with Gasteiger partial charge >= 0.3 is 0 Å². The molecule has 1 aliphatic heterocycles. The van der Waals surface area contributed by atoms with E-state index in [-0.39, 0.29) is 12.6 Å². The van der Waals surface area contributed by atoms with E-state index in [9.17, 15) is 4.39 Å². The topological polar surface area (TPSA) is 44.5 Å². The Balaban J connectivity index is 2.24. The van der Waals surface area contributed by atoms with Crippen molar-refractivity contribution in [1.82, 2.24) is 0 Å². The van der Waals surface area contributed by atoms with Crippen LogP contribution in [0.2, 0.25) is 0 Å². The highest BCUT2D eigenvalue weighted by Crippen LogP contribution is 2.42. The van der Waals surface area contributed by atoms with E-state index in [1.807, 2.05) is 0 Å². The Morgan fingerprint density at radius 2 is 2.19 bits per heavy atom. The summed E-state index contributed by atoms with van der Waals surface area (Å²) in [4.78, 5) is 0. The Kier molecular flexibility index (Phi) is 3.66. The van der Waals surface area contributed by atoms with Gasteiger partial charge in [0.25, 0.3) is 0 Å². The minimum absolute atomic E-state index is 0.152. The molecule has 0 aromatic heterocycles. The molecule has 1 aliphatic rings. The average molecular weight is 290 g/mol. The smallest absolute Gasteiger partial charge is 0.231 e. The highest BCUT2D eigenvalue weighted by molar-refractivity contribution is 9.10. The fourth-order valence-corrected chi connectivity index (χ4v) is 2.38. The number of halogens is 2. The maximum absolute atomic E-state index is 13.7. The van der Waals surface area contributed by atoms with Crippen molar-refractivity contribution in [3.63, 3.8) is 0 Å². The number of unbranched alkanes of at least 4 members (excludes halogenated alkanes) is 1. The second-order valence-corrected chi connectivity index (χ2v) is 4.42. The van der Waals surface area contributed by atoms with E-state index in [1.165, 1.54) is 6.07 Å². The summed E-state index contributed by atoms with van der Waals surface area (Å²) in [6, 6.07) is 1.38. The Morgan fingerprint density at radius 1 is 1.38 bits per heavy atom. The van der Waals surface area contributed by atoms with Crippen LogP contribution in [0, 0.1) is 5.82 Å². The molecule has 0 aliphatic carbocycles. The molecule has 88 valence electrons. The van der Waals surface area contributed by atoms with Gasteiger partial charge in [0.1, 0.15) is 5.82 Å². The van der Waals surface area contributed by atoms with Crippen LogP contribution in [0.1, 0.15) is 18.4 Å². The summed E-state index contributed by atoms with van der Waals surface area (Å²) in [5.74, 6) is 0.809. The summed E-state index contributed by atoms with van der Waals surface area (Å²) < 4.78 is 24.8. The zero-order valence-corrected chi connectivity index (χ0v) is 10.3. The highest BCUT2D eigenvalue weighted by atomic mass is 79.9. The molecular weight excluding hydrogens is 277 g/mol. The fraction of sp³-hybridized carbons (Fsp3) is 0.455. The quantitative estimate of drug-likeness (QED) is 0.867. The van der Waals surface area contributed by atoms with Crippen molar-refractivity contribution in [3.05, 3.63) is 21.9 Å². The number of ether oxygens (including phenoxy) is 2.